The van der Waals surface area contributed by atoms with Gasteiger partial charge in [0, 0.05) is 18.2 Å². The molecule has 1 aliphatic heterocycles. The van der Waals surface area contributed by atoms with E-state index in [2.05, 4.69) is 5.32 Å². The minimum absolute atomic E-state index is 0.240. The summed E-state index contributed by atoms with van der Waals surface area (Å²) in [5.74, 6) is -0.454. The summed E-state index contributed by atoms with van der Waals surface area (Å²) in [6.45, 7) is 1.48. The molecule has 1 fully saturated rings. The van der Waals surface area contributed by atoms with Gasteiger partial charge in [-0.15, -0.1) is 0 Å². The molecule has 0 aromatic heterocycles. The van der Waals surface area contributed by atoms with Crippen LogP contribution in [-0.4, -0.2) is 25.2 Å². The molecule has 4 nitrogen and oxygen atoms in total. The van der Waals surface area contributed by atoms with Crippen molar-refractivity contribution in [1.29, 1.82) is 0 Å². The van der Waals surface area contributed by atoms with Gasteiger partial charge in [0.1, 0.15) is 0 Å². The van der Waals surface area contributed by atoms with Crippen molar-refractivity contribution < 1.29 is 9.53 Å². The molecule has 1 unspecified atom stereocenters. The first-order valence-corrected chi connectivity index (χ1v) is 5.98. The third kappa shape index (κ3) is 3.11. The number of carbonyl (C=O) groups excluding carboxylic acids is 1. The van der Waals surface area contributed by atoms with Gasteiger partial charge in [0.05, 0.1) is 17.3 Å². The first-order valence-electron chi connectivity index (χ1n) is 5.60. The fourth-order valence-electron chi connectivity index (χ4n) is 1.86. The molecule has 3 N–H and O–H groups in total. The number of amides is 1. The molecule has 0 saturated carbocycles. The van der Waals surface area contributed by atoms with E-state index in [0.29, 0.717) is 17.2 Å². The number of nitrogens with one attached hydrogen (secondary N) is 1. The van der Waals surface area contributed by atoms with Crippen molar-refractivity contribution in [3.05, 3.63) is 28.8 Å². The third-order valence-corrected chi connectivity index (χ3v) is 3.10. The number of primary amides is 1. The summed E-state index contributed by atoms with van der Waals surface area (Å²) in [6.07, 6.45) is 2.07. The number of hydrogen-bond acceptors (Lipinski definition) is 3. The van der Waals surface area contributed by atoms with E-state index in [0.717, 1.165) is 25.1 Å². The van der Waals surface area contributed by atoms with Crippen LogP contribution in [0.4, 0.5) is 5.69 Å². The smallest absolute Gasteiger partial charge is 0.248 e. The second kappa shape index (κ2) is 5.38. The molecule has 17 heavy (non-hydrogen) atoms. The first kappa shape index (κ1) is 12.2. The zero-order valence-electron chi connectivity index (χ0n) is 9.41. The van der Waals surface area contributed by atoms with Gasteiger partial charge in [0.25, 0.3) is 0 Å². The van der Waals surface area contributed by atoms with Gasteiger partial charge in [-0.05, 0) is 31.0 Å². The van der Waals surface area contributed by atoms with Crippen LogP contribution in [0.15, 0.2) is 18.2 Å². The van der Waals surface area contributed by atoms with Gasteiger partial charge in [0.15, 0.2) is 0 Å². The summed E-state index contributed by atoms with van der Waals surface area (Å²) in [6, 6.07) is 5.21. The Morgan fingerprint density at radius 1 is 1.53 bits per heavy atom. The Bertz CT molecular complexity index is 417. The fourth-order valence-corrected chi connectivity index (χ4v) is 2.04. The maximum atomic E-state index is 11.1. The topological polar surface area (TPSA) is 64.4 Å². The highest BCUT2D eigenvalue weighted by molar-refractivity contribution is 6.33. The molecular formula is C12H15ClN2O2. The van der Waals surface area contributed by atoms with E-state index < -0.39 is 5.91 Å². The number of ether oxygens (including phenoxy) is 1. The molecule has 1 heterocycles. The molecule has 5 heteroatoms. The van der Waals surface area contributed by atoms with Crippen LogP contribution in [0, 0.1) is 0 Å². The van der Waals surface area contributed by atoms with E-state index in [4.69, 9.17) is 22.1 Å². The van der Waals surface area contributed by atoms with Gasteiger partial charge in [-0.25, -0.2) is 0 Å². The van der Waals surface area contributed by atoms with E-state index in [1.54, 1.807) is 18.2 Å². The molecule has 0 spiro atoms. The van der Waals surface area contributed by atoms with Crippen LogP contribution in [0.1, 0.15) is 23.2 Å². The van der Waals surface area contributed by atoms with Gasteiger partial charge in [-0.1, -0.05) is 11.6 Å². The van der Waals surface area contributed by atoms with Gasteiger partial charge in [-0.2, -0.15) is 0 Å². The lowest BCUT2D eigenvalue weighted by molar-refractivity contribution is 0.0876. The maximum Gasteiger partial charge on any atom is 0.248 e. The summed E-state index contributed by atoms with van der Waals surface area (Å²) >= 11 is 6.06. The van der Waals surface area contributed by atoms with Crippen LogP contribution in [0.5, 0.6) is 0 Å². The second-order valence-electron chi connectivity index (χ2n) is 4.12. The molecule has 1 amide bonds. The lowest BCUT2D eigenvalue weighted by Crippen LogP contribution is -2.30. The Hall–Kier alpha value is -1.26. The highest BCUT2D eigenvalue weighted by atomic mass is 35.5. The van der Waals surface area contributed by atoms with Crippen molar-refractivity contribution in [1.82, 2.24) is 0 Å². The Morgan fingerprint density at radius 3 is 3.00 bits per heavy atom. The molecule has 2 rings (SSSR count). The molecular weight excluding hydrogens is 240 g/mol. The zero-order chi connectivity index (χ0) is 12.3. The summed E-state index contributed by atoms with van der Waals surface area (Å²) < 4.78 is 5.37. The van der Waals surface area contributed by atoms with Crippen LogP contribution in [0.25, 0.3) is 0 Å². The predicted octanol–water partition coefficient (Wildman–Crippen LogP) is 2.03. The summed E-state index contributed by atoms with van der Waals surface area (Å²) in [5.41, 5.74) is 6.42. The van der Waals surface area contributed by atoms with Crippen LogP contribution in [0.3, 0.4) is 0 Å². The minimum Gasteiger partial charge on any atom is -0.379 e. The SMILES string of the molecule is NC(=O)c1ccc(Cl)c(NC2CCCOC2)c1. The number of carbonyl (C=O) groups is 1. The standard InChI is InChI=1S/C12H15ClN2O2/c13-10-4-3-8(12(14)16)6-11(10)15-9-2-1-5-17-7-9/h3-4,6,9,15H,1-2,5,7H2,(H2,14,16). The van der Waals surface area contributed by atoms with Gasteiger partial charge < -0.3 is 15.8 Å². The van der Waals surface area contributed by atoms with Crippen LogP contribution >= 0.6 is 11.6 Å². The molecule has 0 bridgehead atoms. The van der Waals surface area contributed by atoms with Crippen molar-refractivity contribution >= 4 is 23.2 Å². The molecule has 1 aromatic rings. The summed E-state index contributed by atoms with van der Waals surface area (Å²) in [7, 11) is 0. The molecule has 92 valence electrons. The van der Waals surface area contributed by atoms with Gasteiger partial charge >= 0.3 is 0 Å². The predicted molar refractivity (Wildman–Crippen MR) is 67.4 cm³/mol. The summed E-state index contributed by atoms with van der Waals surface area (Å²) in [5, 5.41) is 3.86. The fraction of sp³-hybridized carbons (Fsp3) is 0.417. The Morgan fingerprint density at radius 2 is 2.35 bits per heavy atom. The maximum absolute atomic E-state index is 11.1. The summed E-state index contributed by atoms with van der Waals surface area (Å²) in [4.78, 5) is 11.1. The second-order valence-corrected chi connectivity index (χ2v) is 4.52. The van der Waals surface area contributed by atoms with E-state index in [9.17, 15) is 4.79 Å². The first-order chi connectivity index (χ1) is 8.16. The molecule has 1 aromatic carbocycles. The average Bonchev–Trinajstić information content (AvgIpc) is 2.33. The van der Waals surface area contributed by atoms with Crippen molar-refractivity contribution in [2.45, 2.75) is 18.9 Å². The zero-order valence-corrected chi connectivity index (χ0v) is 10.2. The molecule has 1 saturated heterocycles. The molecule has 1 aliphatic rings. The van der Waals surface area contributed by atoms with E-state index in [-0.39, 0.29) is 6.04 Å². The number of benzene rings is 1. The van der Waals surface area contributed by atoms with Crippen molar-refractivity contribution in [2.24, 2.45) is 5.73 Å². The Labute approximate surface area is 105 Å². The van der Waals surface area contributed by atoms with Gasteiger partial charge in [-0.3, -0.25) is 4.79 Å². The number of halogens is 1. The lowest BCUT2D eigenvalue weighted by atomic mass is 10.1. The Kier molecular flexibility index (Phi) is 3.86. The van der Waals surface area contributed by atoms with Crippen LogP contribution in [0.2, 0.25) is 5.02 Å². The normalized spacial score (nSPS) is 19.9. The van der Waals surface area contributed by atoms with Crippen molar-refractivity contribution in [3.8, 4) is 0 Å². The van der Waals surface area contributed by atoms with Crippen molar-refractivity contribution in [3.63, 3.8) is 0 Å². The van der Waals surface area contributed by atoms with Gasteiger partial charge in [0.2, 0.25) is 5.91 Å². The number of rotatable bonds is 3. The van der Waals surface area contributed by atoms with E-state index >= 15 is 0 Å². The third-order valence-electron chi connectivity index (χ3n) is 2.77. The molecule has 1 atom stereocenters. The quantitative estimate of drug-likeness (QED) is 0.868. The largest absolute Gasteiger partial charge is 0.379 e. The van der Waals surface area contributed by atoms with E-state index in [1.165, 1.54) is 0 Å². The number of nitrogens with two attached hydrogens (primary N) is 1. The van der Waals surface area contributed by atoms with Crippen LogP contribution < -0.4 is 11.1 Å². The number of anilines is 1. The van der Waals surface area contributed by atoms with E-state index in [1.807, 2.05) is 0 Å². The van der Waals surface area contributed by atoms with Crippen molar-refractivity contribution in [2.75, 3.05) is 18.5 Å². The highest BCUT2D eigenvalue weighted by Crippen LogP contribution is 2.25. The number of hydrogen-bond donors (Lipinski definition) is 2. The minimum atomic E-state index is -0.454. The average molecular weight is 255 g/mol. The highest BCUT2D eigenvalue weighted by Gasteiger charge is 2.15. The Balaban J connectivity index is 2.13. The lowest BCUT2D eigenvalue weighted by Gasteiger charge is -2.24. The monoisotopic (exact) mass is 254 g/mol. The molecule has 0 radical (unpaired) electrons. The molecule has 0 aliphatic carbocycles. The van der Waals surface area contributed by atoms with Crippen LogP contribution in [-0.2, 0) is 4.74 Å².